The van der Waals surface area contributed by atoms with Gasteiger partial charge in [0.25, 0.3) is 11.7 Å². The normalized spacial score (nSPS) is 18.8. The van der Waals surface area contributed by atoms with Gasteiger partial charge in [0.2, 0.25) is 0 Å². The van der Waals surface area contributed by atoms with Gasteiger partial charge in [-0.2, -0.15) is 4.98 Å². The molecule has 0 aliphatic carbocycles. The van der Waals surface area contributed by atoms with Gasteiger partial charge in [0.05, 0.1) is 16.0 Å². The van der Waals surface area contributed by atoms with Crippen molar-refractivity contribution in [2.75, 3.05) is 13.2 Å². The number of nitrogens with one attached hydrogen (secondary N) is 2. The Labute approximate surface area is 109 Å². The fourth-order valence-corrected chi connectivity index (χ4v) is 2.23. The zero-order valence-electron chi connectivity index (χ0n) is 10.3. The first-order valence-corrected chi connectivity index (χ1v) is 6.23. The molecule has 1 atom stereocenters. The second-order valence-electron chi connectivity index (χ2n) is 4.60. The first-order chi connectivity index (χ1) is 9.22. The van der Waals surface area contributed by atoms with Crippen LogP contribution < -0.4 is 10.1 Å². The summed E-state index contributed by atoms with van der Waals surface area (Å²) in [6, 6.07) is 5.28. The number of rotatable bonds is 4. The second kappa shape index (κ2) is 4.85. The number of hydrogen-bond acceptors (Lipinski definition) is 5. The Morgan fingerprint density at radius 1 is 1.53 bits per heavy atom. The van der Waals surface area contributed by atoms with Gasteiger partial charge in [-0.05, 0) is 25.5 Å². The number of nitrogens with zero attached hydrogens (tertiary/aromatic N) is 2. The van der Waals surface area contributed by atoms with Crippen molar-refractivity contribution >= 4 is 16.7 Å². The molecule has 3 rings (SSSR count). The van der Waals surface area contributed by atoms with Gasteiger partial charge in [-0.1, -0.05) is 0 Å². The quantitative estimate of drug-likeness (QED) is 0.645. The monoisotopic (exact) mass is 262 g/mol. The van der Waals surface area contributed by atoms with Crippen molar-refractivity contribution in [1.82, 2.24) is 15.3 Å². The van der Waals surface area contributed by atoms with E-state index in [1.165, 1.54) is 18.6 Å². The summed E-state index contributed by atoms with van der Waals surface area (Å²) in [5.74, 6) is 0. The van der Waals surface area contributed by atoms with Crippen molar-refractivity contribution in [1.29, 1.82) is 0 Å². The number of nitro groups is 1. The Balaban J connectivity index is 1.75. The summed E-state index contributed by atoms with van der Waals surface area (Å²) in [7, 11) is 0. The minimum atomic E-state index is -0.427. The summed E-state index contributed by atoms with van der Waals surface area (Å²) in [4.78, 5) is 17.5. The molecule has 7 nitrogen and oxygen atoms in total. The van der Waals surface area contributed by atoms with Gasteiger partial charge in [0.15, 0.2) is 0 Å². The van der Waals surface area contributed by atoms with Crippen molar-refractivity contribution in [3.05, 3.63) is 28.3 Å². The molecule has 2 aromatic rings. The molecule has 0 amide bonds. The summed E-state index contributed by atoms with van der Waals surface area (Å²) in [5.41, 5.74) is 1.32. The molecule has 1 aliphatic rings. The molecule has 0 saturated carbocycles. The smallest absolute Gasteiger partial charge is 0.294 e. The molecule has 2 N–H and O–H groups in total. The van der Waals surface area contributed by atoms with Gasteiger partial charge in [0, 0.05) is 18.2 Å². The van der Waals surface area contributed by atoms with Crippen molar-refractivity contribution in [2.45, 2.75) is 18.9 Å². The molecule has 1 aliphatic heterocycles. The van der Waals surface area contributed by atoms with E-state index in [9.17, 15) is 10.1 Å². The van der Waals surface area contributed by atoms with Crippen molar-refractivity contribution in [3.63, 3.8) is 0 Å². The first-order valence-electron chi connectivity index (χ1n) is 6.23. The van der Waals surface area contributed by atoms with E-state index >= 15 is 0 Å². The van der Waals surface area contributed by atoms with Gasteiger partial charge in [-0.15, -0.1) is 0 Å². The lowest BCUT2D eigenvalue weighted by atomic mass is 10.2. The number of fused-ring (bicyclic) bond motifs is 1. The molecule has 0 unspecified atom stereocenters. The van der Waals surface area contributed by atoms with Crippen molar-refractivity contribution < 1.29 is 9.66 Å². The van der Waals surface area contributed by atoms with E-state index in [4.69, 9.17) is 4.74 Å². The van der Waals surface area contributed by atoms with Gasteiger partial charge in [0.1, 0.15) is 6.61 Å². The predicted octanol–water partition coefficient (Wildman–Crippen LogP) is 1.60. The largest absolute Gasteiger partial charge is 0.463 e. The molecule has 1 fully saturated rings. The minimum absolute atomic E-state index is 0.0418. The van der Waals surface area contributed by atoms with Crippen LogP contribution in [0.5, 0.6) is 6.01 Å². The summed E-state index contributed by atoms with van der Waals surface area (Å²) >= 11 is 0. The van der Waals surface area contributed by atoms with E-state index in [-0.39, 0.29) is 5.69 Å². The van der Waals surface area contributed by atoms with Crippen molar-refractivity contribution in [3.8, 4) is 6.01 Å². The van der Waals surface area contributed by atoms with Crippen LogP contribution in [0.2, 0.25) is 0 Å². The minimum Gasteiger partial charge on any atom is -0.463 e. The Hall–Kier alpha value is -2.15. The maximum Gasteiger partial charge on any atom is 0.294 e. The summed E-state index contributed by atoms with van der Waals surface area (Å²) < 4.78 is 5.58. The third kappa shape index (κ3) is 2.50. The Morgan fingerprint density at radius 2 is 2.42 bits per heavy atom. The van der Waals surface area contributed by atoms with Gasteiger partial charge < -0.3 is 15.0 Å². The Bertz CT molecular complexity index is 604. The fourth-order valence-electron chi connectivity index (χ4n) is 2.23. The molecule has 100 valence electrons. The highest BCUT2D eigenvalue weighted by Crippen LogP contribution is 2.21. The van der Waals surface area contributed by atoms with E-state index in [0.29, 0.717) is 29.7 Å². The molecule has 0 radical (unpaired) electrons. The Kier molecular flexibility index (Phi) is 3.04. The SMILES string of the molecule is O=[N+]([O-])c1ccc2nc(OC[C@H]3CCCN3)[nH]c2c1. The summed E-state index contributed by atoms with van der Waals surface area (Å²) in [6.45, 7) is 1.59. The highest BCUT2D eigenvalue weighted by molar-refractivity contribution is 5.78. The lowest BCUT2D eigenvalue weighted by Crippen LogP contribution is -2.28. The first kappa shape index (κ1) is 11.9. The van der Waals surface area contributed by atoms with E-state index in [1.54, 1.807) is 6.07 Å². The molecule has 19 heavy (non-hydrogen) atoms. The highest BCUT2D eigenvalue weighted by atomic mass is 16.6. The summed E-state index contributed by atoms with van der Waals surface area (Å²) in [5, 5.41) is 14.0. The van der Waals surface area contributed by atoms with Crippen LogP contribution in [0.1, 0.15) is 12.8 Å². The Morgan fingerprint density at radius 3 is 3.16 bits per heavy atom. The average Bonchev–Trinajstić information content (AvgIpc) is 3.04. The predicted molar refractivity (Wildman–Crippen MR) is 69.3 cm³/mol. The molecular formula is C12H14N4O3. The number of hydrogen-bond donors (Lipinski definition) is 2. The van der Waals surface area contributed by atoms with Crippen LogP contribution in [-0.2, 0) is 0 Å². The van der Waals surface area contributed by atoms with Crippen LogP contribution in [0, 0.1) is 10.1 Å². The zero-order valence-corrected chi connectivity index (χ0v) is 10.3. The number of H-pyrrole nitrogens is 1. The van der Waals surface area contributed by atoms with Gasteiger partial charge in [-0.25, -0.2) is 0 Å². The lowest BCUT2D eigenvalue weighted by molar-refractivity contribution is -0.384. The van der Waals surface area contributed by atoms with Crippen LogP contribution in [0.3, 0.4) is 0 Å². The molecule has 0 bridgehead atoms. The van der Waals surface area contributed by atoms with Crippen molar-refractivity contribution in [2.24, 2.45) is 0 Å². The highest BCUT2D eigenvalue weighted by Gasteiger charge is 2.16. The maximum atomic E-state index is 10.7. The number of imidazole rings is 1. The number of ether oxygens (including phenoxy) is 1. The molecule has 1 aromatic carbocycles. The van der Waals surface area contributed by atoms with E-state index in [0.717, 1.165) is 13.0 Å². The van der Waals surface area contributed by atoms with Crippen LogP contribution >= 0.6 is 0 Å². The molecule has 2 heterocycles. The zero-order chi connectivity index (χ0) is 13.2. The molecule has 0 spiro atoms. The number of aromatic nitrogens is 2. The van der Waals surface area contributed by atoms with Crippen LogP contribution in [0.15, 0.2) is 18.2 Å². The van der Waals surface area contributed by atoms with Gasteiger partial charge in [-0.3, -0.25) is 10.1 Å². The summed E-state index contributed by atoms with van der Waals surface area (Å²) in [6.07, 6.45) is 2.27. The third-order valence-electron chi connectivity index (χ3n) is 3.24. The van der Waals surface area contributed by atoms with E-state index in [1.807, 2.05) is 0 Å². The number of aromatic amines is 1. The topological polar surface area (TPSA) is 93.1 Å². The fraction of sp³-hybridized carbons (Fsp3) is 0.417. The molecule has 1 saturated heterocycles. The second-order valence-corrected chi connectivity index (χ2v) is 4.60. The molecule has 1 aromatic heterocycles. The van der Waals surface area contributed by atoms with E-state index < -0.39 is 4.92 Å². The number of benzene rings is 1. The number of non-ortho nitro benzene ring substituents is 1. The average molecular weight is 262 g/mol. The molecular weight excluding hydrogens is 248 g/mol. The van der Waals surface area contributed by atoms with Crippen LogP contribution in [0.25, 0.3) is 11.0 Å². The third-order valence-corrected chi connectivity index (χ3v) is 3.24. The maximum absolute atomic E-state index is 10.7. The van der Waals surface area contributed by atoms with Crippen LogP contribution in [-0.4, -0.2) is 34.1 Å². The standard InChI is InChI=1S/C12H14N4O3/c17-16(18)9-3-4-10-11(6-9)15-12(14-10)19-7-8-2-1-5-13-8/h3-4,6,8,13H,1-2,5,7H2,(H,14,15)/t8-/m1/s1. The molecule has 7 heteroatoms. The van der Waals surface area contributed by atoms with E-state index in [2.05, 4.69) is 15.3 Å². The number of nitro benzene ring substituents is 1. The van der Waals surface area contributed by atoms with Gasteiger partial charge >= 0.3 is 0 Å². The van der Waals surface area contributed by atoms with Crippen LogP contribution in [0.4, 0.5) is 5.69 Å². The lowest BCUT2D eigenvalue weighted by Gasteiger charge is -2.09.